The Labute approximate surface area is 161 Å². The number of fused-ring (bicyclic) bond motifs is 1. The zero-order valence-corrected chi connectivity index (χ0v) is 15.2. The summed E-state index contributed by atoms with van der Waals surface area (Å²) in [5, 5.41) is 2.88. The van der Waals surface area contributed by atoms with Gasteiger partial charge in [-0.25, -0.2) is 14.4 Å². The molecule has 1 fully saturated rings. The number of nitrogens with one attached hydrogen (secondary N) is 1. The molecule has 3 heterocycles. The molecule has 1 N–H and O–H groups in total. The van der Waals surface area contributed by atoms with Crippen LogP contribution in [0.15, 0.2) is 48.9 Å². The average molecular weight is 381 g/mol. The SMILES string of the molecule is O=C(NC[C@@H]1CCCN(C(=O)c2cn3cccnc3n2)C1)c1ccc(F)cc1. The highest BCUT2D eigenvalue weighted by Gasteiger charge is 2.26. The number of halogens is 1. The topological polar surface area (TPSA) is 79.6 Å². The fourth-order valence-corrected chi connectivity index (χ4v) is 3.45. The second-order valence-electron chi connectivity index (χ2n) is 6.93. The van der Waals surface area contributed by atoms with E-state index < -0.39 is 0 Å². The monoisotopic (exact) mass is 381 g/mol. The lowest BCUT2D eigenvalue weighted by atomic mass is 9.97. The van der Waals surface area contributed by atoms with Crippen molar-refractivity contribution >= 4 is 17.6 Å². The molecule has 0 aliphatic carbocycles. The summed E-state index contributed by atoms with van der Waals surface area (Å²) >= 11 is 0. The molecular formula is C20H20FN5O2. The molecule has 2 aromatic heterocycles. The van der Waals surface area contributed by atoms with Crippen molar-refractivity contribution < 1.29 is 14.0 Å². The van der Waals surface area contributed by atoms with Crippen LogP contribution in [-0.4, -0.2) is 50.7 Å². The van der Waals surface area contributed by atoms with Gasteiger partial charge >= 0.3 is 0 Å². The largest absolute Gasteiger partial charge is 0.352 e. The van der Waals surface area contributed by atoms with Gasteiger partial charge in [-0.05, 0) is 49.1 Å². The number of carbonyl (C=O) groups excluding carboxylic acids is 2. The quantitative estimate of drug-likeness (QED) is 0.751. The van der Waals surface area contributed by atoms with Gasteiger partial charge in [0, 0.05) is 43.8 Å². The molecule has 0 unspecified atom stereocenters. The molecule has 7 nitrogen and oxygen atoms in total. The molecular weight excluding hydrogens is 361 g/mol. The molecule has 4 rings (SSSR count). The van der Waals surface area contributed by atoms with E-state index in [9.17, 15) is 14.0 Å². The van der Waals surface area contributed by atoms with Gasteiger partial charge in [0.05, 0.1) is 0 Å². The first-order chi connectivity index (χ1) is 13.6. The van der Waals surface area contributed by atoms with E-state index in [1.165, 1.54) is 24.3 Å². The van der Waals surface area contributed by atoms with Crippen LogP contribution in [0.1, 0.15) is 33.7 Å². The van der Waals surface area contributed by atoms with E-state index >= 15 is 0 Å². The molecule has 1 aromatic carbocycles. The van der Waals surface area contributed by atoms with Gasteiger partial charge in [0.25, 0.3) is 11.8 Å². The van der Waals surface area contributed by atoms with Crippen LogP contribution in [-0.2, 0) is 0 Å². The van der Waals surface area contributed by atoms with Crippen LogP contribution in [0.4, 0.5) is 4.39 Å². The van der Waals surface area contributed by atoms with Gasteiger partial charge < -0.3 is 10.2 Å². The first kappa shape index (κ1) is 18.1. The molecule has 8 heteroatoms. The van der Waals surface area contributed by atoms with Gasteiger partial charge in [0.2, 0.25) is 5.78 Å². The zero-order chi connectivity index (χ0) is 19.5. The van der Waals surface area contributed by atoms with Gasteiger partial charge in [-0.15, -0.1) is 0 Å². The third kappa shape index (κ3) is 3.85. The molecule has 28 heavy (non-hydrogen) atoms. The third-order valence-corrected chi connectivity index (χ3v) is 4.92. The second kappa shape index (κ2) is 7.75. The van der Waals surface area contributed by atoms with Crippen LogP contribution in [0.5, 0.6) is 0 Å². The Morgan fingerprint density at radius 2 is 2.07 bits per heavy atom. The van der Waals surface area contributed by atoms with Gasteiger partial charge in [-0.2, -0.15) is 0 Å². The number of piperidine rings is 1. The van der Waals surface area contributed by atoms with Crippen LogP contribution >= 0.6 is 0 Å². The summed E-state index contributed by atoms with van der Waals surface area (Å²) < 4.78 is 14.7. The first-order valence-corrected chi connectivity index (χ1v) is 9.23. The van der Waals surface area contributed by atoms with Crippen LogP contribution < -0.4 is 5.32 Å². The molecule has 2 amide bonds. The van der Waals surface area contributed by atoms with Crippen LogP contribution in [0.2, 0.25) is 0 Å². The van der Waals surface area contributed by atoms with Crippen LogP contribution in [0.3, 0.4) is 0 Å². The minimum atomic E-state index is -0.375. The summed E-state index contributed by atoms with van der Waals surface area (Å²) in [6.45, 7) is 1.69. The number of hydrogen-bond donors (Lipinski definition) is 1. The summed E-state index contributed by atoms with van der Waals surface area (Å²) in [4.78, 5) is 35.2. The average Bonchev–Trinajstić information content (AvgIpc) is 3.16. The Bertz CT molecular complexity index is 968. The molecule has 0 saturated carbocycles. The predicted octanol–water partition coefficient (Wildman–Crippen LogP) is 2.15. The minimum absolute atomic E-state index is 0.125. The molecule has 0 radical (unpaired) electrons. The molecule has 1 saturated heterocycles. The lowest BCUT2D eigenvalue weighted by Gasteiger charge is -2.32. The van der Waals surface area contributed by atoms with E-state index in [0.717, 1.165) is 12.8 Å². The first-order valence-electron chi connectivity index (χ1n) is 9.23. The smallest absolute Gasteiger partial charge is 0.274 e. The van der Waals surface area contributed by atoms with E-state index in [0.29, 0.717) is 36.7 Å². The third-order valence-electron chi connectivity index (χ3n) is 4.92. The number of nitrogens with zero attached hydrogens (tertiary/aromatic N) is 4. The Balaban J connectivity index is 1.36. The maximum absolute atomic E-state index is 13.0. The predicted molar refractivity (Wildman–Crippen MR) is 100 cm³/mol. The molecule has 144 valence electrons. The normalized spacial score (nSPS) is 16.9. The number of likely N-dealkylation sites (tertiary alicyclic amines) is 1. The number of carbonyl (C=O) groups is 2. The second-order valence-corrected chi connectivity index (χ2v) is 6.93. The zero-order valence-electron chi connectivity index (χ0n) is 15.2. The van der Waals surface area contributed by atoms with E-state index in [1.807, 2.05) is 0 Å². The fraction of sp³-hybridized carbons (Fsp3) is 0.300. The van der Waals surface area contributed by atoms with Crippen molar-refractivity contribution in [2.75, 3.05) is 19.6 Å². The van der Waals surface area contributed by atoms with Gasteiger partial charge in [0.15, 0.2) is 0 Å². The highest BCUT2D eigenvalue weighted by molar-refractivity contribution is 5.94. The van der Waals surface area contributed by atoms with Crippen molar-refractivity contribution in [1.82, 2.24) is 24.6 Å². The molecule has 1 aliphatic rings. The molecule has 0 spiro atoms. The van der Waals surface area contributed by atoms with Crippen LogP contribution in [0.25, 0.3) is 5.78 Å². The van der Waals surface area contributed by atoms with Gasteiger partial charge in [0.1, 0.15) is 11.5 Å². The molecule has 1 atom stereocenters. The Hall–Kier alpha value is -3.29. The number of hydrogen-bond acceptors (Lipinski definition) is 4. The lowest BCUT2D eigenvalue weighted by Crippen LogP contribution is -2.43. The highest BCUT2D eigenvalue weighted by atomic mass is 19.1. The number of rotatable bonds is 4. The van der Waals surface area contributed by atoms with E-state index in [2.05, 4.69) is 15.3 Å². The summed E-state index contributed by atoms with van der Waals surface area (Å²) in [5.41, 5.74) is 0.789. The molecule has 1 aliphatic heterocycles. The maximum Gasteiger partial charge on any atom is 0.274 e. The Morgan fingerprint density at radius 3 is 2.86 bits per heavy atom. The molecule has 0 bridgehead atoms. The molecule has 3 aromatic rings. The Kier molecular flexibility index (Phi) is 5.01. The lowest BCUT2D eigenvalue weighted by molar-refractivity contribution is 0.0665. The van der Waals surface area contributed by atoms with Crippen molar-refractivity contribution in [2.45, 2.75) is 12.8 Å². The summed E-state index contributed by atoms with van der Waals surface area (Å²) in [5.74, 6) is -0.0849. The van der Waals surface area contributed by atoms with Crippen molar-refractivity contribution in [3.63, 3.8) is 0 Å². The van der Waals surface area contributed by atoms with E-state index in [4.69, 9.17) is 0 Å². The van der Waals surface area contributed by atoms with Crippen molar-refractivity contribution in [2.24, 2.45) is 5.92 Å². The highest BCUT2D eigenvalue weighted by Crippen LogP contribution is 2.18. The summed E-state index contributed by atoms with van der Waals surface area (Å²) in [6, 6.07) is 7.22. The van der Waals surface area contributed by atoms with Crippen LogP contribution in [0, 0.1) is 11.7 Å². The van der Waals surface area contributed by atoms with E-state index in [1.54, 1.807) is 34.0 Å². The number of benzene rings is 1. The van der Waals surface area contributed by atoms with Crippen molar-refractivity contribution in [1.29, 1.82) is 0 Å². The standard InChI is InChI=1S/C20H20FN5O2/c21-16-6-4-15(5-7-16)18(27)23-11-14-3-1-9-25(12-14)19(28)17-13-26-10-2-8-22-20(26)24-17/h2,4-8,10,13-14H,1,3,9,11-12H2,(H,23,27)/t14-/m0/s1. The number of aromatic nitrogens is 3. The summed E-state index contributed by atoms with van der Waals surface area (Å²) in [7, 11) is 0. The summed E-state index contributed by atoms with van der Waals surface area (Å²) in [6.07, 6.45) is 6.92. The van der Waals surface area contributed by atoms with E-state index in [-0.39, 0.29) is 23.5 Å². The van der Waals surface area contributed by atoms with Gasteiger partial charge in [-0.3, -0.25) is 14.0 Å². The Morgan fingerprint density at radius 1 is 1.25 bits per heavy atom. The number of amides is 2. The minimum Gasteiger partial charge on any atom is -0.352 e. The number of imidazole rings is 1. The van der Waals surface area contributed by atoms with Crippen molar-refractivity contribution in [3.05, 3.63) is 66.0 Å². The maximum atomic E-state index is 13.0. The van der Waals surface area contributed by atoms with Crippen molar-refractivity contribution in [3.8, 4) is 0 Å². The van der Waals surface area contributed by atoms with Gasteiger partial charge in [-0.1, -0.05) is 0 Å². The fourth-order valence-electron chi connectivity index (χ4n) is 3.45.